The summed E-state index contributed by atoms with van der Waals surface area (Å²) < 4.78 is 12.4. The highest BCUT2D eigenvalue weighted by Crippen LogP contribution is 2.44. The van der Waals surface area contributed by atoms with Crippen LogP contribution in [0.4, 0.5) is 17.1 Å². The average Bonchev–Trinajstić information content (AvgIpc) is 3.52. The molecular formula is C32H19N3O2. The Morgan fingerprint density at radius 1 is 0.541 bits per heavy atom. The van der Waals surface area contributed by atoms with Crippen LogP contribution in [-0.4, -0.2) is 9.97 Å². The Bertz CT molecular complexity index is 2120. The molecule has 0 bridgehead atoms. The number of aromatic nitrogens is 2. The molecule has 4 aromatic carbocycles. The van der Waals surface area contributed by atoms with Crippen molar-refractivity contribution in [2.45, 2.75) is 0 Å². The van der Waals surface area contributed by atoms with Gasteiger partial charge in [-0.1, -0.05) is 66.7 Å². The molecule has 4 heterocycles. The fraction of sp³-hybridized carbons (Fsp3) is 0. The summed E-state index contributed by atoms with van der Waals surface area (Å²) in [4.78, 5) is 11.4. The molecule has 174 valence electrons. The summed E-state index contributed by atoms with van der Waals surface area (Å²) in [5.41, 5.74) is 5.71. The molecule has 5 heteroatoms. The molecule has 8 rings (SSSR count). The van der Waals surface area contributed by atoms with Crippen molar-refractivity contribution in [2.75, 3.05) is 4.90 Å². The van der Waals surface area contributed by atoms with E-state index >= 15 is 0 Å². The molecule has 0 saturated carbocycles. The van der Waals surface area contributed by atoms with Gasteiger partial charge in [-0.25, -0.2) is 9.97 Å². The van der Waals surface area contributed by atoms with Crippen molar-refractivity contribution in [3.8, 4) is 0 Å². The van der Waals surface area contributed by atoms with Crippen LogP contribution in [-0.2, 0) is 0 Å². The largest absolute Gasteiger partial charge is 0.438 e. The molecule has 0 N–H and O–H groups in total. The van der Waals surface area contributed by atoms with Crippen LogP contribution < -0.4 is 4.90 Å². The standard InChI is InChI=1S/C32H19N3O2/c1-2-10-22-20(8-1)9-5-14-27(22)35(21-18-26-23-11-3-4-16-29(23)36-32(26)34-19-21)28-15-6-12-24-25-13-7-17-33-31(25)37-30(24)28/h1-19H. The van der Waals surface area contributed by atoms with E-state index in [9.17, 15) is 0 Å². The van der Waals surface area contributed by atoms with Crippen LogP contribution in [0, 0.1) is 0 Å². The van der Waals surface area contributed by atoms with Crippen LogP contribution in [0.25, 0.3) is 54.9 Å². The van der Waals surface area contributed by atoms with Crippen molar-refractivity contribution in [1.82, 2.24) is 9.97 Å². The number of rotatable bonds is 3. The van der Waals surface area contributed by atoms with E-state index in [0.29, 0.717) is 11.4 Å². The Kier molecular flexibility index (Phi) is 4.16. The van der Waals surface area contributed by atoms with E-state index in [1.807, 2.05) is 36.5 Å². The Morgan fingerprint density at radius 2 is 1.27 bits per heavy atom. The van der Waals surface area contributed by atoms with Gasteiger partial charge in [0, 0.05) is 27.7 Å². The summed E-state index contributed by atoms with van der Waals surface area (Å²) in [7, 11) is 0. The molecule has 0 radical (unpaired) electrons. The zero-order chi connectivity index (χ0) is 24.3. The fourth-order valence-corrected chi connectivity index (χ4v) is 5.33. The van der Waals surface area contributed by atoms with Gasteiger partial charge in [0.15, 0.2) is 5.58 Å². The molecule has 0 spiro atoms. The molecule has 5 nitrogen and oxygen atoms in total. The van der Waals surface area contributed by atoms with Crippen LogP contribution >= 0.6 is 0 Å². The summed E-state index contributed by atoms with van der Waals surface area (Å²) in [6, 6.07) is 35.2. The molecule has 0 unspecified atom stereocenters. The van der Waals surface area contributed by atoms with Crippen molar-refractivity contribution in [1.29, 1.82) is 0 Å². The smallest absolute Gasteiger partial charge is 0.227 e. The Labute approximate surface area is 211 Å². The minimum absolute atomic E-state index is 0.619. The second-order valence-electron chi connectivity index (χ2n) is 9.09. The van der Waals surface area contributed by atoms with Gasteiger partial charge in [0.05, 0.1) is 28.6 Å². The number of nitrogens with zero attached hydrogens (tertiary/aromatic N) is 3. The van der Waals surface area contributed by atoms with E-state index < -0.39 is 0 Å². The third-order valence-electron chi connectivity index (χ3n) is 6.98. The number of pyridine rings is 2. The third-order valence-corrected chi connectivity index (χ3v) is 6.98. The summed E-state index contributed by atoms with van der Waals surface area (Å²) in [5, 5.41) is 6.31. The van der Waals surface area contributed by atoms with Crippen LogP contribution in [0.3, 0.4) is 0 Å². The number of furan rings is 2. The number of para-hydroxylation sites is 2. The van der Waals surface area contributed by atoms with Gasteiger partial charge in [0.2, 0.25) is 11.4 Å². The minimum Gasteiger partial charge on any atom is -0.438 e. The monoisotopic (exact) mass is 477 g/mol. The molecule has 0 amide bonds. The Morgan fingerprint density at radius 3 is 2.24 bits per heavy atom. The normalized spacial score (nSPS) is 11.8. The van der Waals surface area contributed by atoms with Gasteiger partial charge in [-0.3, -0.25) is 0 Å². The predicted octanol–water partition coefficient (Wildman–Crippen LogP) is 8.90. The minimum atomic E-state index is 0.619. The lowest BCUT2D eigenvalue weighted by molar-refractivity contribution is 0.654. The van der Waals surface area contributed by atoms with E-state index in [-0.39, 0.29) is 0 Å². The molecule has 0 atom stereocenters. The predicted molar refractivity (Wildman–Crippen MR) is 149 cm³/mol. The molecule has 0 aliphatic heterocycles. The van der Waals surface area contributed by atoms with Crippen LogP contribution in [0.5, 0.6) is 0 Å². The van der Waals surface area contributed by atoms with Crippen molar-refractivity contribution < 1.29 is 8.83 Å². The summed E-state index contributed by atoms with van der Waals surface area (Å²) in [6.07, 6.45) is 3.63. The Balaban J connectivity index is 1.47. The highest BCUT2D eigenvalue weighted by molar-refractivity contribution is 6.11. The molecule has 0 saturated heterocycles. The zero-order valence-electron chi connectivity index (χ0n) is 19.6. The Hall–Kier alpha value is -5.16. The molecule has 8 aromatic rings. The SMILES string of the molecule is c1ccc2c(N(c3cnc4oc5ccccc5c4c3)c3cccc4c3oc3ncccc34)cccc2c1. The van der Waals surface area contributed by atoms with Crippen molar-refractivity contribution in [3.05, 3.63) is 116 Å². The molecule has 0 aliphatic carbocycles. The molecule has 4 aromatic heterocycles. The summed E-state index contributed by atoms with van der Waals surface area (Å²) in [5.74, 6) is 0. The molecule has 37 heavy (non-hydrogen) atoms. The maximum absolute atomic E-state index is 6.37. The highest BCUT2D eigenvalue weighted by Gasteiger charge is 2.22. The van der Waals surface area contributed by atoms with E-state index in [1.165, 1.54) is 0 Å². The lowest BCUT2D eigenvalue weighted by atomic mass is 10.1. The van der Waals surface area contributed by atoms with E-state index in [2.05, 4.69) is 82.7 Å². The van der Waals surface area contributed by atoms with Crippen molar-refractivity contribution in [3.63, 3.8) is 0 Å². The van der Waals surface area contributed by atoms with Gasteiger partial charge >= 0.3 is 0 Å². The average molecular weight is 478 g/mol. The first-order chi connectivity index (χ1) is 18.3. The van der Waals surface area contributed by atoms with E-state index in [0.717, 1.165) is 60.5 Å². The number of anilines is 3. The maximum atomic E-state index is 6.37. The molecule has 0 aliphatic rings. The summed E-state index contributed by atoms with van der Waals surface area (Å²) in [6.45, 7) is 0. The third kappa shape index (κ3) is 2.98. The lowest BCUT2D eigenvalue weighted by Crippen LogP contribution is -2.11. The number of hydrogen-bond donors (Lipinski definition) is 0. The van der Waals surface area contributed by atoms with E-state index in [4.69, 9.17) is 13.8 Å². The highest BCUT2D eigenvalue weighted by atomic mass is 16.3. The zero-order valence-corrected chi connectivity index (χ0v) is 19.6. The van der Waals surface area contributed by atoms with Gasteiger partial charge in [-0.05, 0) is 41.8 Å². The van der Waals surface area contributed by atoms with Gasteiger partial charge < -0.3 is 13.7 Å². The first-order valence-corrected chi connectivity index (χ1v) is 12.2. The molecule has 0 fully saturated rings. The first kappa shape index (κ1) is 20.1. The quantitative estimate of drug-likeness (QED) is 0.254. The van der Waals surface area contributed by atoms with E-state index in [1.54, 1.807) is 6.20 Å². The van der Waals surface area contributed by atoms with Crippen molar-refractivity contribution in [2.24, 2.45) is 0 Å². The number of hydrogen-bond acceptors (Lipinski definition) is 5. The van der Waals surface area contributed by atoms with Crippen molar-refractivity contribution >= 4 is 72.0 Å². The van der Waals surface area contributed by atoms with Crippen LogP contribution in [0.2, 0.25) is 0 Å². The first-order valence-electron chi connectivity index (χ1n) is 12.2. The summed E-state index contributed by atoms with van der Waals surface area (Å²) >= 11 is 0. The lowest BCUT2D eigenvalue weighted by Gasteiger charge is -2.26. The van der Waals surface area contributed by atoms with Gasteiger partial charge in [0.25, 0.3) is 0 Å². The number of benzene rings is 4. The second kappa shape index (κ2) is 7.67. The number of fused-ring (bicyclic) bond motifs is 7. The van der Waals surface area contributed by atoms with Gasteiger partial charge in [-0.2, -0.15) is 0 Å². The fourth-order valence-electron chi connectivity index (χ4n) is 5.33. The topological polar surface area (TPSA) is 55.3 Å². The second-order valence-corrected chi connectivity index (χ2v) is 9.09. The maximum Gasteiger partial charge on any atom is 0.227 e. The molecular weight excluding hydrogens is 458 g/mol. The van der Waals surface area contributed by atoms with Gasteiger partial charge in [-0.15, -0.1) is 0 Å². The van der Waals surface area contributed by atoms with Crippen LogP contribution in [0.1, 0.15) is 0 Å². The van der Waals surface area contributed by atoms with Crippen LogP contribution in [0.15, 0.2) is 124 Å². The van der Waals surface area contributed by atoms with Gasteiger partial charge in [0.1, 0.15) is 5.58 Å².